The van der Waals surface area contributed by atoms with Gasteiger partial charge in [-0.05, 0) is 42.5 Å². The molecule has 3 heteroatoms. The van der Waals surface area contributed by atoms with Crippen LogP contribution in [0.5, 0.6) is 5.75 Å². The molecule has 2 atom stereocenters. The SMILES string of the molecule is COc1ccc(C(C)(C)C)cc1C(O)C1CCCCN1. The van der Waals surface area contributed by atoms with E-state index < -0.39 is 6.10 Å². The first-order valence-corrected chi connectivity index (χ1v) is 7.53. The van der Waals surface area contributed by atoms with E-state index in [-0.39, 0.29) is 11.5 Å². The minimum Gasteiger partial charge on any atom is -0.496 e. The van der Waals surface area contributed by atoms with Crippen LogP contribution in [-0.2, 0) is 5.41 Å². The highest BCUT2D eigenvalue weighted by Crippen LogP contribution is 2.34. The molecule has 0 aromatic heterocycles. The summed E-state index contributed by atoms with van der Waals surface area (Å²) in [7, 11) is 1.66. The highest BCUT2D eigenvalue weighted by atomic mass is 16.5. The van der Waals surface area contributed by atoms with Crippen molar-refractivity contribution in [1.29, 1.82) is 0 Å². The van der Waals surface area contributed by atoms with Crippen LogP contribution in [0.2, 0.25) is 0 Å². The summed E-state index contributed by atoms with van der Waals surface area (Å²) >= 11 is 0. The molecule has 1 aromatic rings. The summed E-state index contributed by atoms with van der Waals surface area (Å²) in [4.78, 5) is 0. The van der Waals surface area contributed by atoms with Crippen molar-refractivity contribution in [2.75, 3.05) is 13.7 Å². The summed E-state index contributed by atoms with van der Waals surface area (Å²) in [6.45, 7) is 7.54. The number of piperidine rings is 1. The normalized spacial score (nSPS) is 21.6. The molecule has 0 radical (unpaired) electrons. The molecule has 1 aromatic carbocycles. The molecular weight excluding hydrogens is 250 g/mol. The van der Waals surface area contributed by atoms with Crippen molar-refractivity contribution in [1.82, 2.24) is 5.32 Å². The second-order valence-electron chi connectivity index (χ2n) is 6.71. The molecule has 2 rings (SSSR count). The van der Waals surface area contributed by atoms with Crippen molar-refractivity contribution in [2.24, 2.45) is 0 Å². The van der Waals surface area contributed by atoms with E-state index in [1.807, 2.05) is 6.07 Å². The molecule has 1 aliphatic rings. The first-order valence-electron chi connectivity index (χ1n) is 7.53. The topological polar surface area (TPSA) is 41.5 Å². The van der Waals surface area contributed by atoms with Crippen molar-refractivity contribution >= 4 is 0 Å². The number of nitrogens with one attached hydrogen (secondary N) is 1. The molecule has 0 amide bonds. The Bertz CT molecular complexity index is 445. The van der Waals surface area contributed by atoms with Gasteiger partial charge in [-0.1, -0.05) is 33.3 Å². The summed E-state index contributed by atoms with van der Waals surface area (Å²) in [5.74, 6) is 0.776. The summed E-state index contributed by atoms with van der Waals surface area (Å²) in [5, 5.41) is 14.1. The van der Waals surface area contributed by atoms with Crippen molar-refractivity contribution in [3.8, 4) is 5.75 Å². The number of aliphatic hydroxyl groups excluding tert-OH is 1. The lowest BCUT2D eigenvalue weighted by atomic mass is 9.84. The van der Waals surface area contributed by atoms with Gasteiger partial charge in [-0.2, -0.15) is 0 Å². The van der Waals surface area contributed by atoms with E-state index in [9.17, 15) is 5.11 Å². The second kappa shape index (κ2) is 6.15. The fourth-order valence-corrected chi connectivity index (χ4v) is 2.80. The summed E-state index contributed by atoms with van der Waals surface area (Å²) < 4.78 is 5.44. The van der Waals surface area contributed by atoms with Gasteiger partial charge >= 0.3 is 0 Å². The van der Waals surface area contributed by atoms with E-state index in [2.05, 4.69) is 38.2 Å². The van der Waals surface area contributed by atoms with Gasteiger partial charge in [-0.15, -0.1) is 0 Å². The Labute approximate surface area is 122 Å². The Kier molecular flexibility index (Phi) is 4.71. The lowest BCUT2D eigenvalue weighted by molar-refractivity contribution is 0.111. The maximum Gasteiger partial charge on any atom is 0.124 e. The molecule has 2 N–H and O–H groups in total. The molecule has 1 saturated heterocycles. The van der Waals surface area contributed by atoms with E-state index in [0.29, 0.717) is 0 Å². The second-order valence-corrected chi connectivity index (χ2v) is 6.71. The molecule has 0 bridgehead atoms. The average molecular weight is 277 g/mol. The van der Waals surface area contributed by atoms with Crippen LogP contribution in [0, 0.1) is 0 Å². The number of methoxy groups -OCH3 is 1. The summed E-state index contributed by atoms with van der Waals surface area (Å²) in [5.41, 5.74) is 2.20. The fourth-order valence-electron chi connectivity index (χ4n) is 2.80. The van der Waals surface area contributed by atoms with Crippen LogP contribution in [-0.4, -0.2) is 24.8 Å². The number of hydrogen-bond acceptors (Lipinski definition) is 3. The Hall–Kier alpha value is -1.06. The van der Waals surface area contributed by atoms with E-state index in [0.717, 1.165) is 24.3 Å². The number of benzene rings is 1. The van der Waals surface area contributed by atoms with Crippen molar-refractivity contribution in [2.45, 2.75) is 57.6 Å². The Morgan fingerprint density at radius 2 is 2.05 bits per heavy atom. The van der Waals surface area contributed by atoms with Gasteiger partial charge < -0.3 is 15.2 Å². The summed E-state index contributed by atoms with van der Waals surface area (Å²) in [6, 6.07) is 6.29. The molecule has 1 aliphatic heterocycles. The zero-order valence-electron chi connectivity index (χ0n) is 13.1. The first kappa shape index (κ1) is 15.3. The zero-order valence-corrected chi connectivity index (χ0v) is 13.1. The van der Waals surface area contributed by atoms with Gasteiger partial charge in [0.1, 0.15) is 5.75 Å². The lowest BCUT2D eigenvalue weighted by Crippen LogP contribution is -2.39. The van der Waals surface area contributed by atoms with Gasteiger partial charge in [-0.3, -0.25) is 0 Å². The number of ether oxygens (including phenoxy) is 1. The third kappa shape index (κ3) is 3.33. The van der Waals surface area contributed by atoms with Crippen LogP contribution in [0.4, 0.5) is 0 Å². The first-order chi connectivity index (χ1) is 9.43. The van der Waals surface area contributed by atoms with Gasteiger partial charge in [-0.25, -0.2) is 0 Å². The average Bonchev–Trinajstić information content (AvgIpc) is 2.45. The number of hydrogen-bond donors (Lipinski definition) is 2. The molecule has 1 heterocycles. The van der Waals surface area contributed by atoms with Gasteiger partial charge in [0.25, 0.3) is 0 Å². The van der Waals surface area contributed by atoms with Crippen LogP contribution < -0.4 is 10.1 Å². The molecule has 20 heavy (non-hydrogen) atoms. The van der Waals surface area contributed by atoms with Crippen molar-refractivity contribution in [3.63, 3.8) is 0 Å². The standard InChI is InChI=1S/C17H27NO2/c1-17(2,3)12-8-9-15(20-4)13(11-12)16(19)14-7-5-6-10-18-14/h8-9,11,14,16,18-19H,5-7,10H2,1-4H3. The molecule has 0 aliphatic carbocycles. The maximum absolute atomic E-state index is 10.7. The Balaban J connectivity index is 2.32. The van der Waals surface area contributed by atoms with Gasteiger partial charge in [0.15, 0.2) is 0 Å². The number of rotatable bonds is 3. The van der Waals surface area contributed by atoms with E-state index in [1.54, 1.807) is 7.11 Å². The molecular formula is C17H27NO2. The van der Waals surface area contributed by atoms with E-state index >= 15 is 0 Å². The van der Waals surface area contributed by atoms with E-state index in [4.69, 9.17) is 4.74 Å². The monoisotopic (exact) mass is 277 g/mol. The quantitative estimate of drug-likeness (QED) is 0.891. The molecule has 3 nitrogen and oxygen atoms in total. The smallest absolute Gasteiger partial charge is 0.124 e. The molecule has 0 spiro atoms. The zero-order chi connectivity index (χ0) is 14.8. The van der Waals surface area contributed by atoms with Crippen LogP contribution in [0.25, 0.3) is 0 Å². The van der Waals surface area contributed by atoms with Crippen molar-refractivity contribution in [3.05, 3.63) is 29.3 Å². The highest BCUT2D eigenvalue weighted by molar-refractivity contribution is 5.41. The Morgan fingerprint density at radius 3 is 2.60 bits per heavy atom. The predicted octanol–water partition coefficient (Wildman–Crippen LogP) is 3.17. The minimum atomic E-state index is -0.507. The third-order valence-corrected chi connectivity index (χ3v) is 4.14. The predicted molar refractivity (Wildman–Crippen MR) is 82.3 cm³/mol. The van der Waals surface area contributed by atoms with Crippen LogP contribution >= 0.6 is 0 Å². The third-order valence-electron chi connectivity index (χ3n) is 4.14. The molecule has 2 unspecified atom stereocenters. The van der Waals surface area contributed by atoms with Crippen LogP contribution in [0.1, 0.15) is 57.3 Å². The van der Waals surface area contributed by atoms with E-state index in [1.165, 1.54) is 18.4 Å². The molecule has 112 valence electrons. The molecule has 0 saturated carbocycles. The maximum atomic E-state index is 10.7. The lowest BCUT2D eigenvalue weighted by Gasteiger charge is -2.30. The Morgan fingerprint density at radius 1 is 1.30 bits per heavy atom. The summed E-state index contributed by atoms with van der Waals surface area (Å²) in [6.07, 6.45) is 2.88. The van der Waals surface area contributed by atoms with Gasteiger partial charge in [0, 0.05) is 11.6 Å². The van der Waals surface area contributed by atoms with Gasteiger partial charge in [0.05, 0.1) is 13.2 Å². The minimum absolute atomic E-state index is 0.0702. The highest BCUT2D eigenvalue weighted by Gasteiger charge is 2.26. The van der Waals surface area contributed by atoms with Gasteiger partial charge in [0.2, 0.25) is 0 Å². The van der Waals surface area contributed by atoms with Crippen LogP contribution in [0.3, 0.4) is 0 Å². The molecule has 1 fully saturated rings. The van der Waals surface area contributed by atoms with Crippen LogP contribution in [0.15, 0.2) is 18.2 Å². The largest absolute Gasteiger partial charge is 0.496 e. The fraction of sp³-hybridized carbons (Fsp3) is 0.647. The number of aliphatic hydroxyl groups is 1. The van der Waals surface area contributed by atoms with Crippen molar-refractivity contribution < 1.29 is 9.84 Å².